The standard InChI is InChI=1S/C17H14BrClFN3O2S/c18-14-10-23(9-13-15(19)7-4-8-16(13)20)21-17(14)22-26(24,25)11-12-5-2-1-3-6-12/h1-8,10H,9,11H2,(H,21,22). The average Bonchev–Trinajstić information content (AvgIpc) is 2.90. The number of aromatic nitrogens is 2. The molecule has 0 radical (unpaired) electrons. The van der Waals surface area contributed by atoms with Crippen LogP contribution < -0.4 is 4.72 Å². The Balaban J connectivity index is 1.78. The van der Waals surface area contributed by atoms with Crippen LogP contribution in [0.25, 0.3) is 0 Å². The van der Waals surface area contributed by atoms with Crippen LogP contribution in [0.2, 0.25) is 5.02 Å². The van der Waals surface area contributed by atoms with Gasteiger partial charge in [-0.1, -0.05) is 48.0 Å². The third kappa shape index (κ3) is 4.63. The zero-order valence-corrected chi connectivity index (χ0v) is 16.5. The van der Waals surface area contributed by atoms with E-state index < -0.39 is 15.8 Å². The average molecular weight is 459 g/mol. The summed E-state index contributed by atoms with van der Waals surface area (Å²) in [5, 5.41) is 4.45. The van der Waals surface area contributed by atoms with Gasteiger partial charge in [0.2, 0.25) is 10.0 Å². The Bertz CT molecular complexity index is 1010. The van der Waals surface area contributed by atoms with E-state index in [2.05, 4.69) is 25.8 Å². The SMILES string of the molecule is O=S(=O)(Cc1ccccc1)Nc1nn(Cc2c(F)cccc2Cl)cc1Br. The van der Waals surface area contributed by atoms with Gasteiger partial charge in [-0.2, -0.15) is 5.10 Å². The molecular formula is C17H14BrClFN3O2S. The number of halogens is 3. The minimum atomic E-state index is -3.64. The number of hydrogen-bond acceptors (Lipinski definition) is 3. The predicted molar refractivity (Wildman–Crippen MR) is 103 cm³/mol. The molecule has 2 aromatic carbocycles. The molecule has 0 aliphatic carbocycles. The number of rotatable bonds is 6. The highest BCUT2D eigenvalue weighted by molar-refractivity contribution is 9.10. The van der Waals surface area contributed by atoms with Gasteiger partial charge in [0.1, 0.15) is 5.82 Å². The summed E-state index contributed by atoms with van der Waals surface area (Å²) < 4.78 is 42.9. The van der Waals surface area contributed by atoms with E-state index in [0.717, 1.165) is 0 Å². The first kappa shape index (κ1) is 18.9. The van der Waals surface area contributed by atoms with E-state index in [0.29, 0.717) is 10.0 Å². The highest BCUT2D eigenvalue weighted by Crippen LogP contribution is 2.25. The maximum Gasteiger partial charge on any atom is 0.238 e. The van der Waals surface area contributed by atoms with Crippen molar-refractivity contribution >= 4 is 43.4 Å². The van der Waals surface area contributed by atoms with Crippen molar-refractivity contribution in [2.75, 3.05) is 4.72 Å². The summed E-state index contributed by atoms with van der Waals surface area (Å²) in [6.45, 7) is 0.0739. The highest BCUT2D eigenvalue weighted by atomic mass is 79.9. The van der Waals surface area contributed by atoms with Gasteiger partial charge in [-0.05, 0) is 33.6 Å². The molecule has 0 amide bonds. The number of sulfonamides is 1. The maximum atomic E-state index is 13.9. The molecule has 1 heterocycles. The van der Waals surface area contributed by atoms with Crippen molar-refractivity contribution < 1.29 is 12.8 Å². The number of benzene rings is 2. The summed E-state index contributed by atoms with van der Waals surface area (Å²) in [6.07, 6.45) is 1.56. The summed E-state index contributed by atoms with van der Waals surface area (Å²) in [5.41, 5.74) is 0.941. The smallest absolute Gasteiger partial charge is 0.238 e. The summed E-state index contributed by atoms with van der Waals surface area (Å²) >= 11 is 9.29. The van der Waals surface area contributed by atoms with Crippen molar-refractivity contribution in [3.63, 3.8) is 0 Å². The van der Waals surface area contributed by atoms with Gasteiger partial charge in [-0.3, -0.25) is 9.40 Å². The largest absolute Gasteiger partial charge is 0.265 e. The second-order valence-corrected chi connectivity index (χ2v) is 8.55. The number of nitrogens with one attached hydrogen (secondary N) is 1. The van der Waals surface area contributed by atoms with Gasteiger partial charge in [0, 0.05) is 16.8 Å². The van der Waals surface area contributed by atoms with E-state index in [9.17, 15) is 12.8 Å². The molecule has 136 valence electrons. The Kier molecular flexibility index (Phi) is 5.64. The molecule has 26 heavy (non-hydrogen) atoms. The molecule has 9 heteroatoms. The van der Waals surface area contributed by atoms with Crippen LogP contribution in [-0.4, -0.2) is 18.2 Å². The van der Waals surface area contributed by atoms with Gasteiger partial charge in [0.05, 0.1) is 16.8 Å². The van der Waals surface area contributed by atoms with Crippen molar-refractivity contribution in [2.45, 2.75) is 12.3 Å². The molecule has 3 rings (SSSR count). The fourth-order valence-corrected chi connectivity index (χ4v) is 4.29. The zero-order valence-electron chi connectivity index (χ0n) is 13.4. The fraction of sp³-hybridized carbons (Fsp3) is 0.118. The molecule has 0 saturated heterocycles. The highest BCUT2D eigenvalue weighted by Gasteiger charge is 2.17. The first-order valence-electron chi connectivity index (χ1n) is 7.54. The topological polar surface area (TPSA) is 64.0 Å². The number of nitrogens with zero attached hydrogens (tertiary/aromatic N) is 2. The van der Waals surface area contributed by atoms with Crippen LogP contribution in [0.4, 0.5) is 10.2 Å². The fourth-order valence-electron chi connectivity index (χ4n) is 2.37. The van der Waals surface area contributed by atoms with Crippen molar-refractivity contribution in [3.05, 3.63) is 81.2 Å². The minimum Gasteiger partial charge on any atom is -0.265 e. The van der Waals surface area contributed by atoms with E-state index in [4.69, 9.17) is 11.6 Å². The van der Waals surface area contributed by atoms with Crippen molar-refractivity contribution in [1.82, 2.24) is 9.78 Å². The van der Waals surface area contributed by atoms with Gasteiger partial charge >= 0.3 is 0 Å². The lowest BCUT2D eigenvalue weighted by Crippen LogP contribution is -2.16. The first-order valence-corrected chi connectivity index (χ1v) is 10.4. The molecular weight excluding hydrogens is 445 g/mol. The van der Waals surface area contributed by atoms with E-state index in [1.54, 1.807) is 36.5 Å². The molecule has 0 aliphatic heterocycles. The maximum absolute atomic E-state index is 13.9. The second-order valence-electron chi connectivity index (χ2n) is 5.57. The molecule has 0 aliphatic rings. The Hall–Kier alpha value is -1.90. The van der Waals surface area contributed by atoms with E-state index >= 15 is 0 Å². The van der Waals surface area contributed by atoms with Gasteiger partial charge in [-0.15, -0.1) is 0 Å². The molecule has 3 aromatic rings. The van der Waals surface area contributed by atoms with Crippen LogP contribution in [0.5, 0.6) is 0 Å². The molecule has 0 fully saturated rings. The lowest BCUT2D eigenvalue weighted by atomic mass is 10.2. The molecule has 0 bridgehead atoms. The first-order chi connectivity index (χ1) is 12.3. The van der Waals surface area contributed by atoms with Crippen LogP contribution >= 0.6 is 27.5 Å². The van der Waals surface area contributed by atoms with Crippen molar-refractivity contribution in [2.24, 2.45) is 0 Å². The summed E-state index contributed by atoms with van der Waals surface area (Å²) in [4.78, 5) is 0. The lowest BCUT2D eigenvalue weighted by Gasteiger charge is -2.07. The number of hydrogen-bond donors (Lipinski definition) is 1. The van der Waals surface area contributed by atoms with Gasteiger partial charge in [0.15, 0.2) is 5.82 Å². The molecule has 0 spiro atoms. The third-order valence-corrected chi connectivity index (χ3v) is 5.70. The number of anilines is 1. The van der Waals surface area contributed by atoms with Gasteiger partial charge < -0.3 is 0 Å². The van der Waals surface area contributed by atoms with Gasteiger partial charge in [-0.25, -0.2) is 12.8 Å². The monoisotopic (exact) mass is 457 g/mol. The summed E-state index contributed by atoms with van der Waals surface area (Å²) in [6, 6.07) is 13.2. The molecule has 0 saturated carbocycles. The third-order valence-electron chi connectivity index (χ3n) is 3.55. The molecule has 5 nitrogen and oxygen atoms in total. The Morgan fingerprint density at radius 1 is 1.15 bits per heavy atom. The molecule has 1 N–H and O–H groups in total. The van der Waals surface area contributed by atoms with Crippen LogP contribution in [0, 0.1) is 5.82 Å². The van der Waals surface area contributed by atoms with E-state index in [-0.39, 0.29) is 28.7 Å². The molecule has 1 aromatic heterocycles. The minimum absolute atomic E-state index is 0.0739. The quantitative estimate of drug-likeness (QED) is 0.594. The Labute approximate surface area is 164 Å². The normalized spacial score (nSPS) is 11.5. The van der Waals surface area contributed by atoms with E-state index in [1.165, 1.54) is 16.8 Å². The molecule has 0 unspecified atom stereocenters. The summed E-state index contributed by atoms with van der Waals surface area (Å²) in [7, 11) is -3.64. The van der Waals surface area contributed by atoms with Crippen LogP contribution in [0.15, 0.2) is 59.2 Å². The van der Waals surface area contributed by atoms with Crippen LogP contribution in [0.3, 0.4) is 0 Å². The zero-order chi connectivity index (χ0) is 18.7. The predicted octanol–water partition coefficient (Wildman–Crippen LogP) is 4.43. The molecule has 0 atom stereocenters. The lowest BCUT2D eigenvalue weighted by molar-refractivity contribution is 0.585. The van der Waals surface area contributed by atoms with Crippen LogP contribution in [-0.2, 0) is 22.3 Å². The Morgan fingerprint density at radius 2 is 1.88 bits per heavy atom. The Morgan fingerprint density at radius 3 is 2.58 bits per heavy atom. The summed E-state index contributed by atoms with van der Waals surface area (Å²) in [5.74, 6) is -0.490. The van der Waals surface area contributed by atoms with Crippen molar-refractivity contribution in [1.29, 1.82) is 0 Å². The van der Waals surface area contributed by atoms with Gasteiger partial charge in [0.25, 0.3) is 0 Å². The second kappa shape index (κ2) is 7.77. The van der Waals surface area contributed by atoms with Crippen molar-refractivity contribution in [3.8, 4) is 0 Å². The van der Waals surface area contributed by atoms with Crippen LogP contribution in [0.1, 0.15) is 11.1 Å². The van der Waals surface area contributed by atoms with E-state index in [1.807, 2.05) is 6.07 Å².